The molecule has 9 heteroatoms. The summed E-state index contributed by atoms with van der Waals surface area (Å²) in [7, 11) is -2.70. The summed E-state index contributed by atoms with van der Waals surface area (Å²) in [5.74, 6) is -0.371. The lowest BCUT2D eigenvalue weighted by Crippen LogP contribution is -2.54. The van der Waals surface area contributed by atoms with Gasteiger partial charge < -0.3 is 15.0 Å². The summed E-state index contributed by atoms with van der Waals surface area (Å²) in [5, 5.41) is 3.05. The number of anilines is 1. The molecule has 0 bridgehead atoms. The lowest BCUT2D eigenvalue weighted by atomic mass is 10.0. The average molecular weight is 628 g/mol. The van der Waals surface area contributed by atoms with Gasteiger partial charge in [-0.05, 0) is 55.7 Å². The minimum absolute atomic E-state index is 0.0497. The third-order valence-corrected chi connectivity index (χ3v) is 9.49. The van der Waals surface area contributed by atoms with Crippen molar-refractivity contribution >= 4 is 27.5 Å². The Balaban J connectivity index is 1.80. The predicted molar refractivity (Wildman–Crippen MR) is 178 cm³/mol. The number of carbonyl (C=O) groups is 2. The average Bonchev–Trinajstić information content (AvgIpc) is 3.06. The number of hydrogen-bond donors (Lipinski definition) is 1. The Bertz CT molecular complexity index is 1660. The van der Waals surface area contributed by atoms with Crippen LogP contribution >= 0.6 is 0 Å². The number of nitrogens with one attached hydrogen (secondary N) is 1. The van der Waals surface area contributed by atoms with Crippen LogP contribution in [0.3, 0.4) is 0 Å². The summed E-state index contributed by atoms with van der Waals surface area (Å²) in [6.07, 6.45) is 0.973. The van der Waals surface area contributed by atoms with Crippen LogP contribution in [0.15, 0.2) is 114 Å². The van der Waals surface area contributed by atoms with Crippen LogP contribution in [0.5, 0.6) is 5.75 Å². The van der Waals surface area contributed by atoms with Crippen LogP contribution in [0, 0.1) is 6.92 Å². The molecule has 0 spiro atoms. The third kappa shape index (κ3) is 8.73. The molecule has 0 fully saturated rings. The number of amides is 2. The fourth-order valence-electron chi connectivity index (χ4n) is 4.91. The van der Waals surface area contributed by atoms with E-state index in [0.29, 0.717) is 5.75 Å². The van der Waals surface area contributed by atoms with E-state index in [4.69, 9.17) is 4.74 Å². The molecule has 4 rings (SSSR count). The van der Waals surface area contributed by atoms with E-state index in [0.717, 1.165) is 27.4 Å². The van der Waals surface area contributed by atoms with Gasteiger partial charge in [-0.15, -0.1) is 0 Å². The number of benzene rings is 4. The molecule has 0 saturated carbocycles. The second-order valence-corrected chi connectivity index (χ2v) is 12.9. The summed E-state index contributed by atoms with van der Waals surface area (Å²) in [6, 6.07) is 31.0. The number of ether oxygens (including phenoxy) is 1. The molecule has 8 nitrogen and oxygen atoms in total. The maximum Gasteiger partial charge on any atom is 0.264 e. The van der Waals surface area contributed by atoms with Crippen molar-refractivity contribution in [1.82, 2.24) is 10.2 Å². The van der Waals surface area contributed by atoms with Crippen molar-refractivity contribution in [3.63, 3.8) is 0 Å². The fraction of sp³-hybridized carbons (Fsp3) is 0.278. The van der Waals surface area contributed by atoms with E-state index >= 15 is 0 Å². The van der Waals surface area contributed by atoms with Gasteiger partial charge >= 0.3 is 0 Å². The highest BCUT2D eigenvalue weighted by atomic mass is 32.2. The van der Waals surface area contributed by atoms with Crippen LogP contribution in [-0.4, -0.2) is 50.9 Å². The van der Waals surface area contributed by atoms with E-state index in [1.165, 1.54) is 24.1 Å². The molecule has 2 atom stereocenters. The van der Waals surface area contributed by atoms with Gasteiger partial charge in [0.15, 0.2) is 0 Å². The zero-order valence-corrected chi connectivity index (χ0v) is 27.0. The molecule has 236 valence electrons. The highest BCUT2D eigenvalue weighted by molar-refractivity contribution is 7.92. The number of aryl methyl sites for hydroxylation is 1. The van der Waals surface area contributed by atoms with Crippen LogP contribution < -0.4 is 14.4 Å². The Labute approximate surface area is 266 Å². The highest BCUT2D eigenvalue weighted by Crippen LogP contribution is 2.28. The van der Waals surface area contributed by atoms with Crippen molar-refractivity contribution in [1.29, 1.82) is 0 Å². The molecule has 0 heterocycles. The van der Waals surface area contributed by atoms with Crippen LogP contribution in [0.4, 0.5) is 5.69 Å². The maximum atomic E-state index is 14.5. The number of sulfonamides is 1. The van der Waals surface area contributed by atoms with Gasteiger partial charge in [0.2, 0.25) is 11.8 Å². The molecule has 0 aliphatic heterocycles. The fourth-order valence-corrected chi connectivity index (χ4v) is 6.31. The first kappa shape index (κ1) is 33.3. The Morgan fingerprint density at radius 1 is 0.844 bits per heavy atom. The minimum atomic E-state index is -4.20. The molecule has 0 aromatic heterocycles. The van der Waals surface area contributed by atoms with Crippen LogP contribution in [-0.2, 0) is 32.6 Å². The molecule has 4 aromatic rings. The van der Waals surface area contributed by atoms with Gasteiger partial charge in [-0.25, -0.2) is 8.42 Å². The first-order valence-electron chi connectivity index (χ1n) is 15.0. The van der Waals surface area contributed by atoms with Gasteiger partial charge in [0, 0.05) is 25.1 Å². The molecule has 2 amide bonds. The first-order valence-corrected chi connectivity index (χ1v) is 16.5. The van der Waals surface area contributed by atoms with E-state index in [9.17, 15) is 18.0 Å². The molecule has 45 heavy (non-hydrogen) atoms. The molecule has 0 aliphatic carbocycles. The van der Waals surface area contributed by atoms with Crippen molar-refractivity contribution in [2.24, 2.45) is 0 Å². The summed E-state index contributed by atoms with van der Waals surface area (Å²) in [6.45, 7) is 5.35. The molecular weight excluding hydrogens is 586 g/mol. The molecule has 0 saturated heterocycles. The van der Waals surface area contributed by atoms with E-state index in [-0.39, 0.29) is 35.5 Å². The zero-order chi connectivity index (χ0) is 32.4. The minimum Gasteiger partial charge on any atom is -0.497 e. The van der Waals surface area contributed by atoms with Gasteiger partial charge in [0.1, 0.15) is 18.3 Å². The predicted octanol–water partition coefficient (Wildman–Crippen LogP) is 5.75. The monoisotopic (exact) mass is 627 g/mol. The SMILES string of the molecule is CC[C@@H](C)NC(=O)[C@H](Cc1ccccc1)N(Cc1ccccc1)C(=O)CN(c1cccc(OC)c1)S(=O)(=O)c1ccc(C)cc1. The van der Waals surface area contributed by atoms with Crippen molar-refractivity contribution in [3.8, 4) is 5.75 Å². The van der Waals surface area contributed by atoms with Gasteiger partial charge in [0.25, 0.3) is 10.0 Å². The summed E-state index contributed by atoms with van der Waals surface area (Å²) < 4.78 is 34.8. The van der Waals surface area contributed by atoms with Crippen LogP contribution in [0.1, 0.15) is 37.0 Å². The number of nitrogens with zero attached hydrogens (tertiary/aromatic N) is 2. The quantitative estimate of drug-likeness (QED) is 0.192. The lowest BCUT2D eigenvalue weighted by Gasteiger charge is -2.34. The van der Waals surface area contributed by atoms with Crippen molar-refractivity contribution < 1.29 is 22.7 Å². The Morgan fingerprint density at radius 2 is 1.47 bits per heavy atom. The number of carbonyl (C=O) groups excluding carboxylic acids is 2. The molecule has 4 aromatic carbocycles. The number of hydrogen-bond acceptors (Lipinski definition) is 5. The smallest absolute Gasteiger partial charge is 0.264 e. The van der Waals surface area contributed by atoms with Gasteiger partial charge in [0.05, 0.1) is 17.7 Å². The highest BCUT2D eigenvalue weighted by Gasteiger charge is 2.35. The topological polar surface area (TPSA) is 96.0 Å². The second-order valence-electron chi connectivity index (χ2n) is 11.1. The Kier molecular flexibility index (Phi) is 11.4. The van der Waals surface area contributed by atoms with Crippen LogP contribution in [0.2, 0.25) is 0 Å². The number of methoxy groups -OCH3 is 1. The molecule has 0 aliphatic rings. The van der Waals surface area contributed by atoms with Crippen molar-refractivity contribution in [2.45, 2.75) is 57.1 Å². The molecule has 1 N–H and O–H groups in total. The zero-order valence-electron chi connectivity index (χ0n) is 26.2. The lowest BCUT2D eigenvalue weighted by molar-refractivity contribution is -0.140. The molecule has 0 radical (unpaired) electrons. The van der Waals surface area contributed by atoms with Crippen LogP contribution in [0.25, 0.3) is 0 Å². The largest absolute Gasteiger partial charge is 0.497 e. The summed E-state index contributed by atoms with van der Waals surface area (Å²) >= 11 is 0. The summed E-state index contributed by atoms with van der Waals surface area (Å²) in [4.78, 5) is 30.0. The first-order chi connectivity index (χ1) is 21.6. The molecule has 0 unspecified atom stereocenters. The second kappa shape index (κ2) is 15.4. The maximum absolute atomic E-state index is 14.5. The van der Waals surface area contributed by atoms with Crippen molar-refractivity contribution in [3.05, 3.63) is 126 Å². The van der Waals surface area contributed by atoms with E-state index in [2.05, 4.69) is 5.32 Å². The molecular formula is C36H41N3O5S. The van der Waals surface area contributed by atoms with Gasteiger partial charge in [-0.3, -0.25) is 13.9 Å². The van der Waals surface area contributed by atoms with E-state index in [1.807, 2.05) is 81.4 Å². The third-order valence-electron chi connectivity index (χ3n) is 7.70. The Morgan fingerprint density at radius 3 is 2.07 bits per heavy atom. The van der Waals surface area contributed by atoms with E-state index < -0.39 is 28.5 Å². The van der Waals surface area contributed by atoms with Crippen molar-refractivity contribution in [2.75, 3.05) is 18.0 Å². The standard InChI is InChI=1S/C36H41N3O5S/c1-5-28(3)37-36(41)34(23-29-13-8-6-9-14-29)38(25-30-15-10-7-11-16-30)35(40)26-39(31-17-12-18-32(24-31)44-4)45(42,43)33-21-19-27(2)20-22-33/h6-22,24,28,34H,5,23,25-26H2,1-4H3,(H,37,41)/t28-,34+/m1/s1. The Hall–Kier alpha value is -4.63. The summed E-state index contributed by atoms with van der Waals surface area (Å²) in [5.41, 5.74) is 2.87. The van der Waals surface area contributed by atoms with Gasteiger partial charge in [-0.2, -0.15) is 0 Å². The normalized spacial score (nSPS) is 12.5. The number of rotatable bonds is 14. The van der Waals surface area contributed by atoms with E-state index in [1.54, 1.807) is 36.4 Å². The van der Waals surface area contributed by atoms with Gasteiger partial charge in [-0.1, -0.05) is 91.3 Å².